The molecule has 0 bridgehead atoms. The van der Waals surface area contributed by atoms with E-state index in [1.54, 1.807) is 6.07 Å². The summed E-state index contributed by atoms with van der Waals surface area (Å²) in [6, 6.07) is 7.59. The molecular formula is C14H16N4O. The zero-order chi connectivity index (χ0) is 13.3. The van der Waals surface area contributed by atoms with E-state index < -0.39 is 0 Å². The van der Waals surface area contributed by atoms with Crippen LogP contribution in [-0.4, -0.2) is 30.5 Å². The van der Waals surface area contributed by atoms with Gasteiger partial charge in [-0.15, -0.1) is 0 Å². The van der Waals surface area contributed by atoms with Gasteiger partial charge in [0.15, 0.2) is 0 Å². The first kappa shape index (κ1) is 12.0. The average Bonchev–Trinajstić information content (AvgIpc) is 2.81. The number of hydrogen-bond acceptors (Lipinski definition) is 4. The van der Waals surface area contributed by atoms with Crippen LogP contribution in [0.25, 0.3) is 0 Å². The highest BCUT2D eigenvalue weighted by atomic mass is 16.1. The lowest BCUT2D eigenvalue weighted by Crippen LogP contribution is -2.41. The second-order valence-corrected chi connectivity index (χ2v) is 5.43. The summed E-state index contributed by atoms with van der Waals surface area (Å²) in [4.78, 5) is 17.9. The molecule has 0 atom stereocenters. The van der Waals surface area contributed by atoms with Gasteiger partial charge in [0, 0.05) is 26.1 Å². The highest BCUT2D eigenvalue weighted by molar-refractivity contribution is 5.79. The molecule has 0 aliphatic carbocycles. The average molecular weight is 256 g/mol. The summed E-state index contributed by atoms with van der Waals surface area (Å²) in [6.45, 7) is 2.61. The molecule has 1 aromatic rings. The summed E-state index contributed by atoms with van der Waals surface area (Å²) in [5, 5.41) is 11.8. The molecule has 1 spiro atoms. The van der Waals surface area contributed by atoms with E-state index in [0.29, 0.717) is 12.1 Å². The van der Waals surface area contributed by atoms with Gasteiger partial charge in [0.1, 0.15) is 17.6 Å². The van der Waals surface area contributed by atoms with Gasteiger partial charge in [0.2, 0.25) is 5.91 Å². The van der Waals surface area contributed by atoms with E-state index in [2.05, 4.69) is 21.3 Å². The van der Waals surface area contributed by atoms with Gasteiger partial charge in [0.05, 0.1) is 0 Å². The Kier molecular flexibility index (Phi) is 2.86. The van der Waals surface area contributed by atoms with Crippen molar-refractivity contribution in [3.63, 3.8) is 0 Å². The van der Waals surface area contributed by atoms with Crippen LogP contribution in [0.1, 0.15) is 25.0 Å². The molecule has 3 heterocycles. The number of carbonyl (C=O) groups excluding carboxylic acids is 1. The van der Waals surface area contributed by atoms with Gasteiger partial charge >= 0.3 is 0 Å². The lowest BCUT2D eigenvalue weighted by atomic mass is 9.78. The maximum Gasteiger partial charge on any atom is 0.220 e. The van der Waals surface area contributed by atoms with Crippen LogP contribution in [0, 0.1) is 16.7 Å². The monoisotopic (exact) mass is 256 g/mol. The number of piperidine rings is 1. The molecule has 19 heavy (non-hydrogen) atoms. The van der Waals surface area contributed by atoms with Crippen molar-refractivity contribution in [3.05, 3.63) is 23.9 Å². The molecule has 2 aliphatic rings. The molecule has 1 amide bonds. The number of hydrogen-bond donors (Lipinski definition) is 1. The lowest BCUT2D eigenvalue weighted by molar-refractivity contribution is -0.119. The van der Waals surface area contributed by atoms with Crippen LogP contribution in [0.2, 0.25) is 0 Å². The summed E-state index contributed by atoms with van der Waals surface area (Å²) in [5.74, 6) is 1.05. The second kappa shape index (κ2) is 4.54. The van der Waals surface area contributed by atoms with Crippen LogP contribution in [0.4, 0.5) is 5.82 Å². The maximum atomic E-state index is 11.4. The van der Waals surface area contributed by atoms with Crippen LogP contribution in [0.3, 0.4) is 0 Å². The van der Waals surface area contributed by atoms with Crippen molar-refractivity contribution < 1.29 is 4.79 Å². The molecule has 5 nitrogen and oxygen atoms in total. The van der Waals surface area contributed by atoms with E-state index in [1.165, 1.54) is 0 Å². The Bertz CT molecular complexity index is 541. The molecule has 98 valence electrons. The number of rotatable bonds is 1. The number of carbonyl (C=O) groups is 1. The third kappa shape index (κ3) is 2.26. The molecule has 0 radical (unpaired) electrons. The molecule has 2 fully saturated rings. The number of anilines is 1. The Morgan fingerprint density at radius 1 is 1.37 bits per heavy atom. The van der Waals surface area contributed by atoms with Crippen LogP contribution >= 0.6 is 0 Å². The lowest BCUT2D eigenvalue weighted by Gasteiger charge is -2.38. The summed E-state index contributed by atoms with van der Waals surface area (Å²) in [7, 11) is 0. The molecule has 1 aromatic heterocycles. The molecule has 0 aromatic carbocycles. The Balaban J connectivity index is 1.70. The van der Waals surface area contributed by atoms with E-state index in [1.807, 2.05) is 12.1 Å². The van der Waals surface area contributed by atoms with Crippen molar-refractivity contribution in [1.82, 2.24) is 10.3 Å². The first-order valence-corrected chi connectivity index (χ1v) is 6.60. The zero-order valence-electron chi connectivity index (χ0n) is 10.7. The Morgan fingerprint density at radius 3 is 2.79 bits per heavy atom. The van der Waals surface area contributed by atoms with Crippen molar-refractivity contribution in [2.75, 3.05) is 24.5 Å². The molecule has 2 saturated heterocycles. The van der Waals surface area contributed by atoms with E-state index in [0.717, 1.165) is 38.3 Å². The minimum absolute atomic E-state index is 0.153. The molecule has 5 heteroatoms. The van der Waals surface area contributed by atoms with Crippen LogP contribution < -0.4 is 10.2 Å². The number of pyridine rings is 1. The van der Waals surface area contributed by atoms with Gasteiger partial charge in [-0.1, -0.05) is 6.07 Å². The molecule has 2 aliphatic heterocycles. The van der Waals surface area contributed by atoms with E-state index in [-0.39, 0.29) is 11.3 Å². The van der Waals surface area contributed by atoms with Gasteiger partial charge in [-0.25, -0.2) is 4.98 Å². The van der Waals surface area contributed by atoms with Crippen LogP contribution in [-0.2, 0) is 4.79 Å². The normalized spacial score (nSPS) is 21.2. The SMILES string of the molecule is N#Cc1cccc(N2CCC3(CC2)CNC(=O)C3)n1. The van der Waals surface area contributed by atoms with Gasteiger partial charge in [-0.2, -0.15) is 5.26 Å². The summed E-state index contributed by atoms with van der Waals surface area (Å²) in [6.07, 6.45) is 2.67. The van der Waals surface area contributed by atoms with Crippen molar-refractivity contribution in [2.24, 2.45) is 5.41 Å². The molecule has 3 rings (SSSR count). The fourth-order valence-electron chi connectivity index (χ4n) is 2.98. The third-order valence-corrected chi connectivity index (χ3v) is 4.19. The van der Waals surface area contributed by atoms with Gasteiger partial charge in [0.25, 0.3) is 0 Å². The molecule has 0 unspecified atom stereocenters. The smallest absolute Gasteiger partial charge is 0.220 e. The Labute approximate surface area is 112 Å². The minimum Gasteiger partial charge on any atom is -0.357 e. The highest BCUT2D eigenvalue weighted by Crippen LogP contribution is 2.38. The van der Waals surface area contributed by atoms with Crippen LogP contribution in [0.5, 0.6) is 0 Å². The molecular weight excluding hydrogens is 240 g/mol. The fraction of sp³-hybridized carbons (Fsp3) is 0.500. The fourth-order valence-corrected chi connectivity index (χ4v) is 2.98. The van der Waals surface area contributed by atoms with Crippen molar-refractivity contribution in [2.45, 2.75) is 19.3 Å². The third-order valence-electron chi connectivity index (χ3n) is 4.19. The number of nitriles is 1. The number of nitrogens with one attached hydrogen (secondary N) is 1. The quantitative estimate of drug-likeness (QED) is 0.815. The number of amides is 1. The number of nitrogens with zero attached hydrogens (tertiary/aromatic N) is 3. The topological polar surface area (TPSA) is 69.0 Å². The summed E-state index contributed by atoms with van der Waals surface area (Å²) in [5.41, 5.74) is 0.607. The first-order chi connectivity index (χ1) is 9.21. The molecule has 1 N–H and O–H groups in total. The minimum atomic E-state index is 0.153. The van der Waals surface area contributed by atoms with Crippen LogP contribution in [0.15, 0.2) is 18.2 Å². The predicted octanol–water partition coefficient (Wildman–Crippen LogP) is 1.06. The van der Waals surface area contributed by atoms with Crippen molar-refractivity contribution >= 4 is 11.7 Å². The van der Waals surface area contributed by atoms with Gasteiger partial charge in [-0.3, -0.25) is 4.79 Å². The van der Waals surface area contributed by atoms with E-state index in [4.69, 9.17) is 5.26 Å². The molecule has 0 saturated carbocycles. The maximum absolute atomic E-state index is 11.4. The van der Waals surface area contributed by atoms with Gasteiger partial charge < -0.3 is 10.2 Å². The Hall–Kier alpha value is -2.09. The zero-order valence-corrected chi connectivity index (χ0v) is 10.7. The van der Waals surface area contributed by atoms with Crippen molar-refractivity contribution in [3.8, 4) is 6.07 Å². The summed E-state index contributed by atoms with van der Waals surface area (Å²) < 4.78 is 0. The summed E-state index contributed by atoms with van der Waals surface area (Å²) >= 11 is 0. The predicted molar refractivity (Wildman–Crippen MR) is 70.5 cm³/mol. The standard InChI is InChI=1S/C14H16N4O/c15-9-11-2-1-3-12(17-11)18-6-4-14(5-7-18)8-13(19)16-10-14/h1-3H,4-8,10H2,(H,16,19). The van der Waals surface area contributed by atoms with E-state index >= 15 is 0 Å². The number of aromatic nitrogens is 1. The first-order valence-electron chi connectivity index (χ1n) is 6.60. The largest absolute Gasteiger partial charge is 0.357 e. The second-order valence-electron chi connectivity index (χ2n) is 5.43. The Morgan fingerprint density at radius 2 is 2.16 bits per heavy atom. The van der Waals surface area contributed by atoms with E-state index in [9.17, 15) is 4.79 Å². The van der Waals surface area contributed by atoms with Gasteiger partial charge in [-0.05, 0) is 30.4 Å². The highest BCUT2D eigenvalue weighted by Gasteiger charge is 2.40. The van der Waals surface area contributed by atoms with Crippen molar-refractivity contribution in [1.29, 1.82) is 5.26 Å².